The van der Waals surface area contributed by atoms with Gasteiger partial charge < -0.3 is 14.6 Å². The van der Waals surface area contributed by atoms with Crippen LogP contribution in [0.4, 0.5) is 0 Å². The number of esters is 1. The molecule has 1 rings (SSSR count). The molecule has 0 bridgehead atoms. The second-order valence-electron chi connectivity index (χ2n) is 3.67. The largest absolute Gasteiger partial charge is 0.501 e. The topological polar surface area (TPSA) is 55.8 Å². The van der Waals surface area contributed by atoms with Crippen molar-refractivity contribution in [2.75, 3.05) is 14.2 Å². The summed E-state index contributed by atoms with van der Waals surface area (Å²) in [5.74, 6) is -1.44. The van der Waals surface area contributed by atoms with Crippen molar-refractivity contribution in [2.24, 2.45) is 5.92 Å². The van der Waals surface area contributed by atoms with Gasteiger partial charge in [0.1, 0.15) is 11.7 Å². The van der Waals surface area contributed by atoms with E-state index in [1.165, 1.54) is 14.2 Å². The summed E-state index contributed by atoms with van der Waals surface area (Å²) < 4.78 is 9.56. The summed E-state index contributed by atoms with van der Waals surface area (Å²) in [7, 11) is 2.62. The van der Waals surface area contributed by atoms with Gasteiger partial charge in [0.2, 0.25) is 0 Å². The highest BCUT2D eigenvalue weighted by Crippen LogP contribution is 2.29. The minimum atomic E-state index is -1.10. The van der Waals surface area contributed by atoms with Crippen LogP contribution in [-0.4, -0.2) is 25.3 Å². The fraction of sp³-hybridized carbons (Fsp3) is 0.308. The van der Waals surface area contributed by atoms with Crippen molar-refractivity contribution in [2.45, 2.75) is 6.10 Å². The number of halogens is 1. The molecule has 0 unspecified atom stereocenters. The lowest BCUT2D eigenvalue weighted by atomic mass is 9.94. The van der Waals surface area contributed by atoms with Gasteiger partial charge in [-0.3, -0.25) is 4.79 Å². The molecule has 18 heavy (non-hydrogen) atoms. The Labute approximate surface area is 111 Å². The van der Waals surface area contributed by atoms with Crippen molar-refractivity contribution >= 4 is 17.6 Å². The van der Waals surface area contributed by atoms with Gasteiger partial charge in [-0.1, -0.05) is 30.3 Å². The Bertz CT molecular complexity index is 411. The molecule has 2 atom stereocenters. The van der Waals surface area contributed by atoms with Gasteiger partial charge in [-0.2, -0.15) is 0 Å². The van der Waals surface area contributed by atoms with Crippen LogP contribution >= 0.6 is 11.6 Å². The molecule has 0 amide bonds. The molecule has 0 aliphatic carbocycles. The third-order valence-corrected chi connectivity index (χ3v) is 2.84. The number of hydrogen-bond acceptors (Lipinski definition) is 4. The Hall–Kier alpha value is -1.52. The summed E-state index contributed by atoms with van der Waals surface area (Å²) in [5.41, 5.74) is 0.535. The maximum absolute atomic E-state index is 11.6. The lowest BCUT2D eigenvalue weighted by molar-refractivity contribution is -0.149. The molecule has 1 aromatic rings. The van der Waals surface area contributed by atoms with Crippen LogP contribution in [0, 0.1) is 5.92 Å². The van der Waals surface area contributed by atoms with Crippen molar-refractivity contribution in [3.05, 3.63) is 47.2 Å². The lowest BCUT2D eigenvalue weighted by Crippen LogP contribution is -2.26. The van der Waals surface area contributed by atoms with E-state index < -0.39 is 18.0 Å². The van der Waals surface area contributed by atoms with Crippen LogP contribution in [0.1, 0.15) is 11.7 Å². The molecule has 1 N–H and O–H groups in total. The van der Waals surface area contributed by atoms with E-state index in [1.54, 1.807) is 24.3 Å². The van der Waals surface area contributed by atoms with Crippen LogP contribution in [0.15, 0.2) is 36.6 Å². The number of aliphatic hydroxyl groups excluding tert-OH is 1. The van der Waals surface area contributed by atoms with E-state index in [0.29, 0.717) is 10.6 Å². The van der Waals surface area contributed by atoms with E-state index in [-0.39, 0.29) is 5.76 Å². The molecule has 0 radical (unpaired) electrons. The van der Waals surface area contributed by atoms with Gasteiger partial charge in [0, 0.05) is 5.02 Å². The summed E-state index contributed by atoms with van der Waals surface area (Å²) in [6.45, 7) is 3.60. The summed E-state index contributed by atoms with van der Waals surface area (Å²) in [6, 6.07) is 6.52. The highest BCUT2D eigenvalue weighted by Gasteiger charge is 2.32. The first-order chi connectivity index (χ1) is 8.51. The molecule has 98 valence electrons. The summed E-state index contributed by atoms with van der Waals surface area (Å²) >= 11 is 5.76. The molecular formula is C13H15ClO4. The maximum Gasteiger partial charge on any atom is 0.319 e. The summed E-state index contributed by atoms with van der Waals surface area (Å²) in [4.78, 5) is 11.6. The fourth-order valence-corrected chi connectivity index (χ4v) is 1.67. The normalized spacial score (nSPS) is 13.6. The van der Waals surface area contributed by atoms with E-state index in [9.17, 15) is 9.90 Å². The molecule has 0 spiro atoms. The predicted molar refractivity (Wildman–Crippen MR) is 68.1 cm³/mol. The van der Waals surface area contributed by atoms with Crippen LogP contribution in [0.5, 0.6) is 0 Å². The van der Waals surface area contributed by atoms with Gasteiger partial charge in [-0.15, -0.1) is 0 Å². The number of carbonyl (C=O) groups is 1. The average Bonchev–Trinajstić information content (AvgIpc) is 2.39. The lowest BCUT2D eigenvalue weighted by Gasteiger charge is -2.22. The molecule has 4 nitrogen and oxygen atoms in total. The van der Waals surface area contributed by atoms with Crippen LogP contribution in [0.3, 0.4) is 0 Å². The number of aliphatic hydroxyl groups is 1. The first-order valence-corrected chi connectivity index (χ1v) is 5.63. The number of ether oxygens (including phenoxy) is 2. The minimum Gasteiger partial charge on any atom is -0.501 e. The number of methoxy groups -OCH3 is 2. The minimum absolute atomic E-state index is 0.143. The van der Waals surface area contributed by atoms with Crippen LogP contribution < -0.4 is 0 Å². The van der Waals surface area contributed by atoms with Crippen molar-refractivity contribution < 1.29 is 19.4 Å². The molecule has 1 aromatic carbocycles. The Morgan fingerprint density at radius 2 is 1.83 bits per heavy atom. The zero-order valence-corrected chi connectivity index (χ0v) is 11.0. The quantitative estimate of drug-likeness (QED) is 0.659. The maximum atomic E-state index is 11.6. The van der Waals surface area contributed by atoms with E-state index in [0.717, 1.165) is 0 Å². The Morgan fingerprint density at radius 1 is 1.28 bits per heavy atom. The van der Waals surface area contributed by atoms with Crippen LogP contribution in [0.25, 0.3) is 0 Å². The third kappa shape index (κ3) is 3.24. The van der Waals surface area contributed by atoms with Gasteiger partial charge in [0.25, 0.3) is 0 Å². The number of benzene rings is 1. The number of carbonyl (C=O) groups excluding carboxylic acids is 1. The average molecular weight is 271 g/mol. The molecule has 0 saturated heterocycles. The van der Waals surface area contributed by atoms with Gasteiger partial charge >= 0.3 is 5.97 Å². The second kappa shape index (κ2) is 6.42. The Kier molecular flexibility index (Phi) is 5.19. The molecule has 0 heterocycles. The van der Waals surface area contributed by atoms with Crippen molar-refractivity contribution in [1.29, 1.82) is 0 Å². The van der Waals surface area contributed by atoms with Crippen molar-refractivity contribution in [3.63, 3.8) is 0 Å². The summed E-state index contributed by atoms with van der Waals surface area (Å²) in [6.07, 6.45) is -1.10. The van der Waals surface area contributed by atoms with Gasteiger partial charge in [-0.05, 0) is 17.7 Å². The molecule has 0 aromatic heterocycles. The Morgan fingerprint density at radius 3 is 2.28 bits per heavy atom. The smallest absolute Gasteiger partial charge is 0.319 e. The van der Waals surface area contributed by atoms with Crippen molar-refractivity contribution in [1.82, 2.24) is 0 Å². The first-order valence-electron chi connectivity index (χ1n) is 5.25. The SMILES string of the molecule is C=C(OC)[C@H](C(=O)OC)[C@@H](O)c1ccc(Cl)cc1. The highest BCUT2D eigenvalue weighted by atomic mass is 35.5. The number of hydrogen-bond donors (Lipinski definition) is 1. The second-order valence-corrected chi connectivity index (χ2v) is 4.10. The molecule has 0 fully saturated rings. The van der Waals surface area contributed by atoms with Gasteiger partial charge in [0.05, 0.1) is 20.3 Å². The van der Waals surface area contributed by atoms with E-state index in [2.05, 4.69) is 11.3 Å². The Balaban J connectivity index is 3.02. The van der Waals surface area contributed by atoms with Crippen molar-refractivity contribution in [3.8, 4) is 0 Å². The molecule has 0 aliphatic heterocycles. The number of rotatable bonds is 5. The van der Waals surface area contributed by atoms with E-state index in [1.807, 2.05) is 0 Å². The van der Waals surface area contributed by atoms with Crippen LogP contribution in [-0.2, 0) is 14.3 Å². The zero-order valence-electron chi connectivity index (χ0n) is 10.2. The molecule has 0 aliphatic rings. The van der Waals surface area contributed by atoms with Crippen LogP contribution in [0.2, 0.25) is 5.02 Å². The highest BCUT2D eigenvalue weighted by molar-refractivity contribution is 6.30. The monoisotopic (exact) mass is 270 g/mol. The van der Waals surface area contributed by atoms with E-state index >= 15 is 0 Å². The molecule has 0 saturated carbocycles. The fourth-order valence-electron chi connectivity index (χ4n) is 1.54. The van der Waals surface area contributed by atoms with E-state index in [4.69, 9.17) is 16.3 Å². The molecule has 5 heteroatoms. The predicted octanol–water partition coefficient (Wildman–Crippen LogP) is 2.32. The zero-order chi connectivity index (χ0) is 13.7. The first kappa shape index (κ1) is 14.5. The van der Waals surface area contributed by atoms with Gasteiger partial charge in [0.15, 0.2) is 0 Å². The van der Waals surface area contributed by atoms with Gasteiger partial charge in [-0.25, -0.2) is 0 Å². The summed E-state index contributed by atoms with van der Waals surface area (Å²) in [5, 5.41) is 10.7. The standard InChI is InChI=1S/C13H15ClO4/c1-8(17-2)11(13(16)18-3)12(15)9-4-6-10(14)7-5-9/h4-7,11-12,15H,1H2,2-3H3/t11-,12-/m0/s1. The third-order valence-electron chi connectivity index (χ3n) is 2.59. The molecular weight excluding hydrogens is 256 g/mol.